The van der Waals surface area contributed by atoms with Crippen molar-refractivity contribution in [3.63, 3.8) is 0 Å². The van der Waals surface area contributed by atoms with Crippen LogP contribution in [0.3, 0.4) is 0 Å². The summed E-state index contributed by atoms with van der Waals surface area (Å²) in [5.74, 6) is 0.536. The van der Waals surface area contributed by atoms with Crippen LogP contribution < -0.4 is 5.48 Å². The third-order valence-corrected chi connectivity index (χ3v) is 3.88. The smallest absolute Gasteiger partial charge is 0.169 e. The zero-order valence-corrected chi connectivity index (χ0v) is 14.5. The highest BCUT2D eigenvalue weighted by atomic mass is 32.2. The van der Waals surface area contributed by atoms with Gasteiger partial charge in [-0.25, -0.2) is 10.5 Å². The predicted molar refractivity (Wildman–Crippen MR) is 94.6 cm³/mol. The van der Waals surface area contributed by atoms with E-state index < -0.39 is 0 Å². The van der Waals surface area contributed by atoms with Gasteiger partial charge < -0.3 is 0 Å². The number of hydrogen-bond acceptors (Lipinski definition) is 7. The van der Waals surface area contributed by atoms with E-state index in [9.17, 15) is 5.26 Å². The quantitative estimate of drug-likeness (QED) is 0.619. The van der Waals surface area contributed by atoms with Crippen molar-refractivity contribution in [1.29, 1.82) is 5.26 Å². The number of hydrogen-bond donors (Lipinski definition) is 1. The Kier molecular flexibility index (Phi) is 6.44. The summed E-state index contributed by atoms with van der Waals surface area (Å²) < 4.78 is 0. The average Bonchev–Trinajstić information content (AvgIpc) is 2.56. The molecule has 0 saturated heterocycles. The molecule has 0 bridgehead atoms. The van der Waals surface area contributed by atoms with Crippen LogP contribution in [0.1, 0.15) is 26.7 Å². The van der Waals surface area contributed by atoms with Gasteiger partial charge in [-0.05, 0) is 38.5 Å². The molecule has 0 amide bonds. The van der Waals surface area contributed by atoms with Gasteiger partial charge in [0.05, 0.1) is 6.61 Å². The molecule has 0 aromatic carbocycles. The second-order valence-electron chi connectivity index (χ2n) is 5.24. The molecule has 0 unspecified atom stereocenters. The van der Waals surface area contributed by atoms with Crippen molar-refractivity contribution in [2.75, 3.05) is 19.5 Å². The maximum absolute atomic E-state index is 9.47. The summed E-state index contributed by atoms with van der Waals surface area (Å²) >= 11 is 1.44. The first-order chi connectivity index (χ1) is 11.2. The standard InChI is InChI=1S/C16H21N5OS/c1-12(2)19-21-11-18-16(23-3)14(9-17)15(21)20-22-10-13-7-5-4-6-8-13/h5,7-8,20H,4,6,10-11H2,1-3H3. The fourth-order valence-corrected chi connectivity index (χ4v) is 2.70. The lowest BCUT2D eigenvalue weighted by Crippen LogP contribution is -2.35. The van der Waals surface area contributed by atoms with E-state index in [1.165, 1.54) is 11.8 Å². The zero-order valence-electron chi connectivity index (χ0n) is 13.7. The van der Waals surface area contributed by atoms with E-state index in [2.05, 4.69) is 39.9 Å². The summed E-state index contributed by atoms with van der Waals surface area (Å²) in [6, 6.07) is 2.19. The molecule has 2 rings (SSSR count). The fourth-order valence-electron chi connectivity index (χ4n) is 2.17. The lowest BCUT2D eigenvalue weighted by atomic mass is 10.1. The van der Waals surface area contributed by atoms with Crippen LogP contribution in [-0.2, 0) is 4.84 Å². The van der Waals surface area contributed by atoms with E-state index in [0.29, 0.717) is 29.7 Å². The van der Waals surface area contributed by atoms with Crippen LogP contribution in [0.4, 0.5) is 0 Å². The first-order valence-corrected chi connectivity index (χ1v) is 8.64. The molecule has 6 nitrogen and oxygen atoms in total. The van der Waals surface area contributed by atoms with Crippen LogP contribution in [-0.4, -0.2) is 35.3 Å². The van der Waals surface area contributed by atoms with Crippen LogP contribution in [0.15, 0.2) is 45.3 Å². The number of nitrogens with zero attached hydrogens (tertiary/aromatic N) is 4. The third-order valence-electron chi connectivity index (χ3n) is 3.16. The molecular weight excluding hydrogens is 310 g/mol. The van der Waals surface area contributed by atoms with E-state index in [-0.39, 0.29) is 0 Å². The van der Waals surface area contributed by atoms with Gasteiger partial charge in [-0.3, -0.25) is 9.83 Å². The number of thioether (sulfide) groups is 1. The molecule has 122 valence electrons. The summed E-state index contributed by atoms with van der Waals surface area (Å²) in [5.41, 5.74) is 5.34. The molecule has 0 aromatic heterocycles. The van der Waals surface area contributed by atoms with Crippen LogP contribution in [0.2, 0.25) is 0 Å². The Morgan fingerprint density at radius 2 is 2.35 bits per heavy atom. The van der Waals surface area contributed by atoms with Gasteiger partial charge in [0.2, 0.25) is 0 Å². The van der Waals surface area contributed by atoms with E-state index in [0.717, 1.165) is 24.1 Å². The SMILES string of the molecule is CSC1=NCN(N=C(C)C)C(NOCC2=CCCC=C2)=C1C#N. The van der Waals surface area contributed by atoms with Crippen molar-refractivity contribution in [3.05, 3.63) is 35.2 Å². The highest BCUT2D eigenvalue weighted by Crippen LogP contribution is 2.21. The largest absolute Gasteiger partial charge is 0.270 e. The lowest BCUT2D eigenvalue weighted by Gasteiger charge is -2.26. The van der Waals surface area contributed by atoms with Crippen molar-refractivity contribution < 1.29 is 4.84 Å². The molecule has 1 heterocycles. The zero-order chi connectivity index (χ0) is 16.7. The first kappa shape index (κ1) is 17.3. The molecule has 1 N–H and O–H groups in total. The van der Waals surface area contributed by atoms with Gasteiger partial charge in [-0.1, -0.05) is 18.2 Å². The molecule has 0 saturated carbocycles. The summed E-state index contributed by atoms with van der Waals surface area (Å²) in [6.45, 7) is 4.60. The molecule has 0 aromatic rings. The van der Waals surface area contributed by atoms with Gasteiger partial charge in [0.1, 0.15) is 23.4 Å². The highest BCUT2D eigenvalue weighted by molar-refractivity contribution is 8.13. The Morgan fingerprint density at radius 1 is 1.52 bits per heavy atom. The second kappa shape index (κ2) is 8.56. The Balaban J connectivity index is 2.13. The molecule has 2 aliphatic rings. The monoisotopic (exact) mass is 331 g/mol. The third kappa shape index (κ3) is 4.71. The van der Waals surface area contributed by atoms with Crippen LogP contribution in [0.25, 0.3) is 0 Å². The van der Waals surface area contributed by atoms with Crippen molar-refractivity contribution >= 4 is 22.5 Å². The lowest BCUT2D eigenvalue weighted by molar-refractivity contribution is 0.0570. The van der Waals surface area contributed by atoms with Gasteiger partial charge in [0.15, 0.2) is 5.82 Å². The molecule has 0 radical (unpaired) electrons. The minimum absolute atomic E-state index is 0.362. The predicted octanol–water partition coefficient (Wildman–Crippen LogP) is 2.95. The van der Waals surface area contributed by atoms with Gasteiger partial charge in [0.25, 0.3) is 0 Å². The van der Waals surface area contributed by atoms with Crippen molar-refractivity contribution in [3.8, 4) is 6.07 Å². The van der Waals surface area contributed by atoms with Crippen LogP contribution >= 0.6 is 11.8 Å². The van der Waals surface area contributed by atoms with Crippen LogP contribution in [0, 0.1) is 11.3 Å². The maximum Gasteiger partial charge on any atom is 0.169 e. The van der Waals surface area contributed by atoms with Gasteiger partial charge in [-0.2, -0.15) is 10.4 Å². The minimum atomic E-state index is 0.362. The molecule has 1 aliphatic heterocycles. The van der Waals surface area contributed by atoms with Crippen molar-refractivity contribution in [2.45, 2.75) is 26.7 Å². The summed E-state index contributed by atoms with van der Waals surface area (Å²) in [6.07, 6.45) is 10.4. The van der Waals surface area contributed by atoms with E-state index in [4.69, 9.17) is 4.84 Å². The van der Waals surface area contributed by atoms with Crippen LogP contribution in [0.5, 0.6) is 0 Å². The minimum Gasteiger partial charge on any atom is -0.270 e. The van der Waals surface area contributed by atoms with E-state index in [1.54, 1.807) is 5.01 Å². The molecule has 7 heteroatoms. The van der Waals surface area contributed by atoms with Gasteiger partial charge in [-0.15, -0.1) is 11.8 Å². The summed E-state index contributed by atoms with van der Waals surface area (Å²) in [5, 5.41) is 16.2. The summed E-state index contributed by atoms with van der Waals surface area (Å²) in [4.78, 5) is 9.98. The Hall–Kier alpha value is -2.04. The molecule has 0 fully saturated rings. The molecule has 0 atom stereocenters. The second-order valence-corrected chi connectivity index (χ2v) is 6.04. The number of nitrogens with one attached hydrogen (secondary N) is 1. The van der Waals surface area contributed by atoms with Gasteiger partial charge >= 0.3 is 0 Å². The Bertz CT molecular complexity index is 635. The van der Waals surface area contributed by atoms with E-state index in [1.807, 2.05) is 20.1 Å². The topological polar surface area (TPSA) is 73.0 Å². The maximum atomic E-state index is 9.47. The van der Waals surface area contributed by atoms with Crippen molar-refractivity contribution in [2.24, 2.45) is 10.1 Å². The van der Waals surface area contributed by atoms with Crippen molar-refractivity contribution in [1.82, 2.24) is 10.5 Å². The summed E-state index contributed by atoms with van der Waals surface area (Å²) in [7, 11) is 0. The number of aliphatic imine (C=N–C) groups is 1. The molecule has 0 spiro atoms. The normalized spacial score (nSPS) is 17.4. The Morgan fingerprint density at radius 3 is 2.96 bits per heavy atom. The molecule has 23 heavy (non-hydrogen) atoms. The Labute approximate surface area is 141 Å². The highest BCUT2D eigenvalue weighted by Gasteiger charge is 2.23. The number of hydrazone groups is 1. The van der Waals surface area contributed by atoms with Gasteiger partial charge in [0, 0.05) is 5.71 Å². The fraction of sp³-hybridized carbons (Fsp3) is 0.438. The number of nitriles is 1. The number of allylic oxidation sites excluding steroid dienone is 2. The average molecular weight is 331 g/mol. The van der Waals surface area contributed by atoms with E-state index >= 15 is 0 Å². The number of rotatable bonds is 5. The molecular formula is C16H21N5OS. The molecule has 1 aliphatic carbocycles. The first-order valence-electron chi connectivity index (χ1n) is 7.41. The number of hydroxylamine groups is 1.